The number of hydrogen-bond acceptors (Lipinski definition) is 7. The van der Waals surface area contributed by atoms with E-state index in [1.54, 1.807) is 25.4 Å². The summed E-state index contributed by atoms with van der Waals surface area (Å²) in [4.78, 5) is 30.4. The third kappa shape index (κ3) is 7.62. The van der Waals surface area contributed by atoms with Gasteiger partial charge in [0.05, 0.1) is 23.9 Å². The summed E-state index contributed by atoms with van der Waals surface area (Å²) in [6, 6.07) is 15.2. The van der Waals surface area contributed by atoms with Crippen molar-refractivity contribution in [3.8, 4) is 23.0 Å². The molecule has 0 aliphatic heterocycles. The van der Waals surface area contributed by atoms with Crippen molar-refractivity contribution in [2.75, 3.05) is 24.4 Å². The average molecular weight is 673 g/mol. The molecule has 0 bridgehead atoms. The van der Waals surface area contributed by atoms with Crippen LogP contribution in [0.25, 0.3) is 10.9 Å². The molecule has 3 aliphatic rings. The molecule has 9 nitrogen and oxygen atoms in total. The third-order valence-corrected chi connectivity index (χ3v) is 9.35. The number of nitrogens with one attached hydrogen (secondary N) is 3. The van der Waals surface area contributed by atoms with Crippen molar-refractivity contribution in [2.24, 2.45) is 5.41 Å². The zero-order valence-electron chi connectivity index (χ0n) is 28.0. The molecule has 3 N–H and O–H groups in total. The van der Waals surface area contributed by atoms with Crippen LogP contribution in [0, 0.1) is 17.0 Å². The summed E-state index contributed by atoms with van der Waals surface area (Å²) in [5, 5.41) is 9.65. The van der Waals surface area contributed by atoms with E-state index in [0.29, 0.717) is 59.3 Å². The molecule has 4 aromatic rings. The Morgan fingerprint density at radius 1 is 0.857 bits per heavy atom. The highest BCUT2D eigenvalue weighted by Gasteiger charge is 2.56. The van der Waals surface area contributed by atoms with Gasteiger partial charge in [-0.1, -0.05) is 26.7 Å². The highest BCUT2D eigenvalue weighted by atomic mass is 19.1. The minimum absolute atomic E-state index is 0.0126. The molecule has 3 saturated carbocycles. The fourth-order valence-corrected chi connectivity index (χ4v) is 6.19. The Bertz CT molecular complexity index is 1820. The van der Waals surface area contributed by atoms with Gasteiger partial charge in [-0.25, -0.2) is 8.78 Å². The lowest BCUT2D eigenvalue weighted by Crippen LogP contribution is -2.42. The van der Waals surface area contributed by atoms with E-state index in [2.05, 4.69) is 20.9 Å². The summed E-state index contributed by atoms with van der Waals surface area (Å²) in [6.07, 6.45) is 9.40. The number of hydrogen-bond donors (Lipinski definition) is 3. The lowest BCUT2D eigenvalue weighted by molar-refractivity contribution is -0.131. The first-order chi connectivity index (χ1) is 23.8. The van der Waals surface area contributed by atoms with Gasteiger partial charge in [0.15, 0.2) is 11.5 Å². The van der Waals surface area contributed by atoms with Crippen molar-refractivity contribution in [1.29, 1.82) is 0 Å². The zero-order chi connectivity index (χ0) is 34.6. The minimum atomic E-state index is -1.32. The second kappa shape index (κ2) is 14.4. The van der Waals surface area contributed by atoms with Gasteiger partial charge in [0.25, 0.3) is 0 Å². The second-order valence-electron chi connectivity index (χ2n) is 12.8. The van der Waals surface area contributed by atoms with Crippen molar-refractivity contribution < 1.29 is 32.6 Å². The molecule has 258 valence electrons. The van der Waals surface area contributed by atoms with Crippen LogP contribution in [-0.2, 0) is 9.59 Å². The first kappa shape index (κ1) is 34.1. The Hall–Kier alpha value is -4.77. The Morgan fingerprint density at radius 2 is 1.57 bits per heavy atom. The molecule has 11 heteroatoms. The summed E-state index contributed by atoms with van der Waals surface area (Å²) in [5.74, 6) is -0.533. The Kier molecular flexibility index (Phi) is 10.0. The Balaban J connectivity index is 0.00000205. The fourth-order valence-electron chi connectivity index (χ4n) is 6.19. The number of amides is 2. The maximum atomic E-state index is 15.2. The third-order valence-electron chi connectivity index (χ3n) is 9.35. The van der Waals surface area contributed by atoms with Crippen LogP contribution >= 0.6 is 0 Å². The molecule has 3 aromatic carbocycles. The van der Waals surface area contributed by atoms with Crippen molar-refractivity contribution in [2.45, 2.75) is 76.8 Å². The lowest BCUT2D eigenvalue weighted by atomic mass is 10.0. The monoisotopic (exact) mass is 672 g/mol. The molecule has 0 spiro atoms. The number of anilines is 2. The van der Waals surface area contributed by atoms with Gasteiger partial charge in [-0.15, -0.1) is 0 Å². The number of ether oxygens (including phenoxy) is 3. The van der Waals surface area contributed by atoms with Gasteiger partial charge in [0.2, 0.25) is 11.8 Å². The van der Waals surface area contributed by atoms with E-state index in [-0.39, 0.29) is 17.0 Å². The molecular weight excluding hydrogens is 630 g/mol. The number of fused-ring (bicyclic) bond motifs is 1. The molecule has 3 fully saturated rings. The number of carbonyl (C=O) groups excluding carboxylic acids is 2. The molecule has 0 atom stereocenters. The summed E-state index contributed by atoms with van der Waals surface area (Å²) < 4.78 is 46.5. The van der Waals surface area contributed by atoms with Gasteiger partial charge in [0.1, 0.15) is 35.2 Å². The normalized spacial score (nSPS) is 17.0. The van der Waals surface area contributed by atoms with Gasteiger partial charge in [0, 0.05) is 35.4 Å². The maximum absolute atomic E-state index is 15.2. The summed E-state index contributed by atoms with van der Waals surface area (Å²) in [7, 11) is 1.58. The average Bonchev–Trinajstić information content (AvgIpc) is 4.03. The molecule has 0 radical (unpaired) electrons. The summed E-state index contributed by atoms with van der Waals surface area (Å²) >= 11 is 0. The van der Waals surface area contributed by atoms with Crippen LogP contribution in [-0.4, -0.2) is 42.1 Å². The van der Waals surface area contributed by atoms with Gasteiger partial charge >= 0.3 is 0 Å². The van der Waals surface area contributed by atoms with Crippen molar-refractivity contribution >= 4 is 34.1 Å². The highest BCUT2D eigenvalue weighted by molar-refractivity contribution is 6.17. The molecule has 49 heavy (non-hydrogen) atoms. The quantitative estimate of drug-likeness (QED) is 0.130. The van der Waals surface area contributed by atoms with Crippen LogP contribution in [0.2, 0.25) is 0 Å². The molecule has 1 heterocycles. The van der Waals surface area contributed by atoms with Gasteiger partial charge in [-0.3, -0.25) is 14.6 Å². The topological polar surface area (TPSA) is 111 Å². The number of rotatable bonds is 12. The largest absolute Gasteiger partial charge is 0.493 e. The maximum Gasteiger partial charge on any atom is 0.240 e. The SMILES string of the molecule is CC.COc1cc2c(Oc3ccc(NC(=O)C4(C(=O)Nc5ccc(F)cc5)CC4)c(F)c3)ccnc2cc1OCC1(NC2CCCC2)CC1. The van der Waals surface area contributed by atoms with Crippen LogP contribution in [0.15, 0.2) is 66.9 Å². The van der Waals surface area contributed by atoms with Crippen LogP contribution in [0.3, 0.4) is 0 Å². The standard InChI is InChI=1S/C36H36F2N4O5.C2H6/c1-45-31-19-26-29(20-32(31)46-21-35(13-14-35)42-24-4-2-3-5-24)39-17-12-30(26)47-25-10-11-28(27(38)18-25)41-34(44)36(15-16-36)33(43)40-23-8-6-22(37)7-9-23;1-2/h6-12,17-20,24,42H,2-5,13-16,21H2,1H3,(H,40,43)(H,41,44);1-2H3. The molecule has 0 unspecified atom stereocenters. The Labute approximate surface area is 284 Å². The number of aromatic nitrogens is 1. The van der Waals surface area contributed by atoms with E-state index >= 15 is 4.39 Å². The van der Waals surface area contributed by atoms with Crippen LogP contribution in [0.5, 0.6) is 23.0 Å². The van der Waals surface area contributed by atoms with E-state index < -0.39 is 28.9 Å². The molecule has 2 amide bonds. The van der Waals surface area contributed by atoms with Crippen molar-refractivity contribution in [1.82, 2.24) is 10.3 Å². The predicted molar refractivity (Wildman–Crippen MR) is 184 cm³/mol. The Morgan fingerprint density at radius 3 is 2.22 bits per heavy atom. The number of methoxy groups -OCH3 is 1. The summed E-state index contributed by atoms with van der Waals surface area (Å²) in [6.45, 7) is 4.55. The first-order valence-corrected chi connectivity index (χ1v) is 17.0. The summed E-state index contributed by atoms with van der Waals surface area (Å²) in [5.41, 5.74) is -0.392. The van der Waals surface area contributed by atoms with Crippen LogP contribution in [0.1, 0.15) is 65.2 Å². The smallest absolute Gasteiger partial charge is 0.240 e. The fraction of sp³-hybridized carbons (Fsp3) is 0.395. The van der Waals surface area contributed by atoms with Gasteiger partial charge in [-0.2, -0.15) is 0 Å². The lowest BCUT2D eigenvalue weighted by Gasteiger charge is -2.23. The van der Waals surface area contributed by atoms with E-state index in [1.165, 1.54) is 68.1 Å². The van der Waals surface area contributed by atoms with Gasteiger partial charge < -0.3 is 30.2 Å². The van der Waals surface area contributed by atoms with E-state index in [0.717, 1.165) is 12.8 Å². The van der Waals surface area contributed by atoms with E-state index in [1.807, 2.05) is 19.9 Å². The van der Waals surface area contributed by atoms with Crippen molar-refractivity contribution in [3.63, 3.8) is 0 Å². The number of pyridine rings is 1. The number of nitrogens with zero attached hydrogens (tertiary/aromatic N) is 1. The first-order valence-electron chi connectivity index (χ1n) is 17.0. The van der Waals surface area contributed by atoms with Gasteiger partial charge in [-0.05, 0) is 87.1 Å². The highest BCUT2D eigenvalue weighted by Crippen LogP contribution is 2.48. The van der Waals surface area contributed by atoms with Crippen LogP contribution in [0.4, 0.5) is 20.2 Å². The van der Waals surface area contributed by atoms with Crippen LogP contribution < -0.4 is 30.2 Å². The minimum Gasteiger partial charge on any atom is -0.493 e. The number of benzene rings is 3. The molecule has 7 rings (SSSR count). The second-order valence-corrected chi connectivity index (χ2v) is 12.8. The zero-order valence-corrected chi connectivity index (χ0v) is 28.0. The molecule has 0 saturated heterocycles. The number of carbonyl (C=O) groups is 2. The van der Waals surface area contributed by atoms with Crippen molar-refractivity contribution in [3.05, 3.63) is 78.5 Å². The molecular formula is C38H42F2N4O5. The molecule has 1 aromatic heterocycles. The predicted octanol–water partition coefficient (Wildman–Crippen LogP) is 8.14. The number of halogens is 2. The molecule has 3 aliphatic carbocycles. The van der Waals surface area contributed by atoms with E-state index in [9.17, 15) is 14.0 Å². The van der Waals surface area contributed by atoms with E-state index in [4.69, 9.17) is 14.2 Å².